The summed E-state index contributed by atoms with van der Waals surface area (Å²) in [5.74, 6) is -0.369. The Balaban J connectivity index is 2.70. The second kappa shape index (κ2) is 5.16. The third-order valence-corrected chi connectivity index (χ3v) is 3.88. The number of fused-ring (bicyclic) bond motifs is 1. The standard InChI is InChI=1S/C14H17N3O4/c1-8-9(2)16(11(4)19)14-7-12(17(20)21)5-6-13(14)15(8)10(3)18/h5-9H,1-4H3/t8-,9-/m1/s1. The van der Waals surface area contributed by atoms with E-state index in [9.17, 15) is 19.7 Å². The fourth-order valence-electron chi connectivity index (χ4n) is 2.81. The van der Waals surface area contributed by atoms with Crippen molar-refractivity contribution in [3.05, 3.63) is 28.3 Å². The number of rotatable bonds is 1. The molecule has 1 heterocycles. The molecule has 0 saturated carbocycles. The van der Waals surface area contributed by atoms with Gasteiger partial charge in [-0.1, -0.05) is 0 Å². The molecule has 0 fully saturated rings. The van der Waals surface area contributed by atoms with Crippen LogP contribution in [0.15, 0.2) is 18.2 Å². The highest BCUT2D eigenvalue weighted by atomic mass is 16.6. The van der Waals surface area contributed by atoms with Crippen molar-refractivity contribution in [2.45, 2.75) is 39.8 Å². The first-order chi connectivity index (χ1) is 9.75. The minimum absolute atomic E-state index is 0.106. The van der Waals surface area contributed by atoms with E-state index < -0.39 is 4.92 Å². The van der Waals surface area contributed by atoms with Crippen LogP contribution in [0.1, 0.15) is 27.7 Å². The summed E-state index contributed by atoms with van der Waals surface area (Å²) in [5.41, 5.74) is 0.816. The fraction of sp³-hybridized carbons (Fsp3) is 0.429. The Morgan fingerprint density at radius 1 is 1.05 bits per heavy atom. The molecule has 2 amide bonds. The maximum absolute atomic E-state index is 11.9. The third-order valence-electron chi connectivity index (χ3n) is 3.88. The van der Waals surface area contributed by atoms with Crippen LogP contribution in [0, 0.1) is 10.1 Å². The van der Waals surface area contributed by atoms with E-state index in [1.165, 1.54) is 36.9 Å². The van der Waals surface area contributed by atoms with Crippen molar-refractivity contribution >= 4 is 28.9 Å². The first-order valence-corrected chi connectivity index (χ1v) is 6.63. The molecule has 0 bridgehead atoms. The summed E-state index contributed by atoms with van der Waals surface area (Å²) >= 11 is 0. The normalized spacial score (nSPS) is 21.0. The lowest BCUT2D eigenvalue weighted by atomic mass is 10.00. The van der Waals surface area contributed by atoms with Crippen LogP contribution in [0.5, 0.6) is 0 Å². The molecule has 1 aliphatic rings. The van der Waals surface area contributed by atoms with Crippen LogP contribution in [0.3, 0.4) is 0 Å². The number of nitro benzene ring substituents is 1. The maximum Gasteiger partial charge on any atom is 0.271 e. The summed E-state index contributed by atoms with van der Waals surface area (Å²) in [7, 11) is 0. The van der Waals surface area contributed by atoms with Gasteiger partial charge in [0.25, 0.3) is 5.69 Å². The number of carbonyl (C=O) groups is 2. The number of anilines is 2. The molecule has 0 saturated heterocycles. The van der Waals surface area contributed by atoms with Crippen molar-refractivity contribution < 1.29 is 14.5 Å². The van der Waals surface area contributed by atoms with Crippen LogP contribution in [0.2, 0.25) is 0 Å². The van der Waals surface area contributed by atoms with E-state index in [4.69, 9.17) is 0 Å². The zero-order chi connectivity index (χ0) is 15.9. The molecule has 0 N–H and O–H groups in total. The van der Waals surface area contributed by atoms with Gasteiger partial charge in [0.2, 0.25) is 11.8 Å². The molecule has 7 nitrogen and oxygen atoms in total. The number of amides is 2. The summed E-state index contributed by atoms with van der Waals surface area (Å²) < 4.78 is 0. The van der Waals surface area contributed by atoms with Crippen molar-refractivity contribution in [3.8, 4) is 0 Å². The number of hydrogen-bond acceptors (Lipinski definition) is 4. The van der Waals surface area contributed by atoms with Crippen molar-refractivity contribution in [1.29, 1.82) is 0 Å². The van der Waals surface area contributed by atoms with E-state index in [1.54, 1.807) is 4.90 Å². The molecular weight excluding hydrogens is 274 g/mol. The van der Waals surface area contributed by atoms with Crippen molar-refractivity contribution in [2.75, 3.05) is 9.80 Å². The van der Waals surface area contributed by atoms with Crippen molar-refractivity contribution in [2.24, 2.45) is 0 Å². The highest BCUT2D eigenvalue weighted by Crippen LogP contribution is 2.40. The number of non-ortho nitro benzene ring substituents is 1. The minimum Gasteiger partial charge on any atom is -0.306 e. The molecule has 0 spiro atoms. The molecule has 1 aliphatic heterocycles. The van der Waals surface area contributed by atoms with Crippen LogP contribution in [-0.4, -0.2) is 28.8 Å². The zero-order valence-corrected chi connectivity index (χ0v) is 12.4. The van der Waals surface area contributed by atoms with Crippen molar-refractivity contribution in [3.63, 3.8) is 0 Å². The van der Waals surface area contributed by atoms with Gasteiger partial charge in [0.15, 0.2) is 0 Å². The molecule has 7 heteroatoms. The van der Waals surface area contributed by atoms with E-state index in [0.29, 0.717) is 11.4 Å². The number of nitro groups is 1. The first-order valence-electron chi connectivity index (χ1n) is 6.63. The monoisotopic (exact) mass is 291 g/mol. The second-order valence-corrected chi connectivity index (χ2v) is 5.19. The average Bonchev–Trinajstić information content (AvgIpc) is 2.38. The van der Waals surface area contributed by atoms with Gasteiger partial charge < -0.3 is 9.80 Å². The van der Waals surface area contributed by atoms with E-state index >= 15 is 0 Å². The Morgan fingerprint density at radius 3 is 1.95 bits per heavy atom. The lowest BCUT2D eigenvalue weighted by Crippen LogP contribution is -2.56. The molecule has 0 aliphatic carbocycles. The largest absolute Gasteiger partial charge is 0.306 e. The van der Waals surface area contributed by atoms with Gasteiger partial charge in [-0.05, 0) is 19.9 Å². The first kappa shape index (κ1) is 15.0. The van der Waals surface area contributed by atoms with E-state index in [-0.39, 0.29) is 29.6 Å². The molecule has 2 rings (SSSR count). The summed E-state index contributed by atoms with van der Waals surface area (Å²) in [4.78, 5) is 37.3. The average molecular weight is 291 g/mol. The summed E-state index contributed by atoms with van der Waals surface area (Å²) in [6.07, 6.45) is 0. The highest BCUT2D eigenvalue weighted by Gasteiger charge is 2.38. The van der Waals surface area contributed by atoms with Crippen LogP contribution in [0.25, 0.3) is 0 Å². The number of carbonyl (C=O) groups excluding carboxylic acids is 2. The molecule has 0 aromatic heterocycles. The Hall–Kier alpha value is -2.44. The maximum atomic E-state index is 11.9. The van der Waals surface area contributed by atoms with Gasteiger partial charge in [-0.25, -0.2) is 0 Å². The lowest BCUT2D eigenvalue weighted by molar-refractivity contribution is -0.384. The Kier molecular flexibility index (Phi) is 3.67. The molecular formula is C14H17N3O4. The van der Waals surface area contributed by atoms with Gasteiger partial charge in [-0.3, -0.25) is 19.7 Å². The Morgan fingerprint density at radius 2 is 1.52 bits per heavy atom. The number of hydrogen-bond donors (Lipinski definition) is 0. The van der Waals surface area contributed by atoms with Gasteiger partial charge in [0, 0.05) is 26.0 Å². The molecule has 2 atom stereocenters. The van der Waals surface area contributed by atoms with Gasteiger partial charge in [-0.15, -0.1) is 0 Å². The van der Waals surface area contributed by atoms with E-state index in [2.05, 4.69) is 0 Å². The van der Waals surface area contributed by atoms with Crippen LogP contribution in [-0.2, 0) is 9.59 Å². The van der Waals surface area contributed by atoms with Gasteiger partial charge in [-0.2, -0.15) is 0 Å². The SMILES string of the molecule is CC(=O)N1c2ccc([N+](=O)[O-])cc2N(C(C)=O)[C@H](C)[C@H]1C. The van der Waals surface area contributed by atoms with Gasteiger partial charge >= 0.3 is 0 Å². The topological polar surface area (TPSA) is 83.8 Å². The molecule has 112 valence electrons. The Labute approximate surface area is 122 Å². The van der Waals surface area contributed by atoms with Crippen LogP contribution in [0.4, 0.5) is 17.1 Å². The smallest absolute Gasteiger partial charge is 0.271 e. The third kappa shape index (κ3) is 2.35. The molecule has 0 unspecified atom stereocenters. The molecule has 1 aromatic carbocycles. The molecule has 21 heavy (non-hydrogen) atoms. The fourth-order valence-corrected chi connectivity index (χ4v) is 2.81. The number of benzene rings is 1. The van der Waals surface area contributed by atoms with Crippen molar-refractivity contribution in [1.82, 2.24) is 0 Å². The summed E-state index contributed by atoms with van der Waals surface area (Å²) in [6, 6.07) is 3.74. The van der Waals surface area contributed by atoms with E-state index in [1.807, 2.05) is 13.8 Å². The zero-order valence-electron chi connectivity index (χ0n) is 12.4. The van der Waals surface area contributed by atoms with Crippen LogP contribution < -0.4 is 9.80 Å². The quantitative estimate of drug-likeness (QED) is 0.586. The summed E-state index contributed by atoms with van der Waals surface area (Å²) in [6.45, 7) is 6.53. The minimum atomic E-state index is -0.514. The molecule has 1 aromatic rings. The lowest BCUT2D eigenvalue weighted by Gasteiger charge is -2.45. The van der Waals surface area contributed by atoms with E-state index in [0.717, 1.165) is 0 Å². The second-order valence-electron chi connectivity index (χ2n) is 5.19. The predicted octanol–water partition coefficient (Wildman–Crippen LogP) is 2.09. The van der Waals surface area contributed by atoms with Gasteiger partial charge in [0.1, 0.15) is 0 Å². The Bertz CT molecular complexity index is 629. The number of nitrogens with zero attached hydrogens (tertiary/aromatic N) is 3. The van der Waals surface area contributed by atoms with Crippen LogP contribution >= 0.6 is 0 Å². The predicted molar refractivity (Wildman–Crippen MR) is 78.3 cm³/mol. The highest BCUT2D eigenvalue weighted by molar-refractivity contribution is 6.04. The molecule has 0 radical (unpaired) electrons. The van der Waals surface area contributed by atoms with Gasteiger partial charge in [0.05, 0.1) is 28.4 Å². The summed E-state index contributed by atoms with van der Waals surface area (Å²) in [5, 5.41) is 10.9.